The molecule has 0 aliphatic carbocycles. The summed E-state index contributed by atoms with van der Waals surface area (Å²) in [5.74, 6) is 0. The smallest absolute Gasteiger partial charge is 0.405 e. The first-order valence-corrected chi connectivity index (χ1v) is 3.61. The van der Waals surface area contributed by atoms with Gasteiger partial charge in [-0.05, 0) is 31.7 Å². The number of alkyl halides is 3. The van der Waals surface area contributed by atoms with E-state index in [-0.39, 0.29) is 5.57 Å². The average Bonchev–Trinajstić information content (AvgIpc) is 1.97. The van der Waals surface area contributed by atoms with Crippen LogP contribution >= 0.6 is 0 Å². The maximum Gasteiger partial charge on any atom is 0.421 e. The number of aliphatic hydroxyl groups is 1. The quantitative estimate of drug-likeness (QED) is 0.659. The van der Waals surface area contributed by atoms with Gasteiger partial charge in [0.05, 0.1) is 0 Å². The van der Waals surface area contributed by atoms with Crippen molar-refractivity contribution in [2.24, 2.45) is 5.73 Å². The number of hydrogen-bond acceptors (Lipinski definition) is 2. The van der Waals surface area contributed by atoms with E-state index in [1.54, 1.807) is 0 Å². The molecule has 0 aromatic carbocycles. The molecule has 0 aliphatic rings. The third-order valence-corrected chi connectivity index (χ3v) is 1.70. The van der Waals surface area contributed by atoms with Crippen molar-refractivity contribution < 1.29 is 18.3 Å². The second kappa shape index (κ2) is 3.83. The van der Waals surface area contributed by atoms with E-state index < -0.39 is 11.8 Å². The Morgan fingerprint density at radius 1 is 1.38 bits per heavy atom. The molecule has 2 nitrogen and oxygen atoms in total. The van der Waals surface area contributed by atoms with Crippen molar-refractivity contribution in [1.82, 2.24) is 0 Å². The van der Waals surface area contributed by atoms with Gasteiger partial charge < -0.3 is 10.8 Å². The van der Waals surface area contributed by atoms with Gasteiger partial charge in [0.1, 0.15) is 0 Å². The van der Waals surface area contributed by atoms with Gasteiger partial charge in [-0.3, -0.25) is 0 Å². The Kier molecular flexibility index (Phi) is 3.54. The molecule has 0 aromatic heterocycles. The van der Waals surface area contributed by atoms with Gasteiger partial charge in [0.15, 0.2) is 5.60 Å². The molecule has 13 heavy (non-hydrogen) atoms. The largest absolute Gasteiger partial charge is 0.421 e. The normalized spacial score (nSPS) is 19.1. The first kappa shape index (κ1) is 12.0. The summed E-state index contributed by atoms with van der Waals surface area (Å²) < 4.78 is 36.7. The lowest BCUT2D eigenvalue weighted by Crippen LogP contribution is -2.43. The lowest BCUT2D eigenvalue weighted by atomic mass is 9.95. The molecule has 76 valence electrons. The minimum atomic E-state index is -4.70. The van der Waals surface area contributed by atoms with Crippen LogP contribution in [0.25, 0.3) is 0 Å². The predicted octanol–water partition coefficient (Wildman–Crippen LogP) is 1.72. The van der Waals surface area contributed by atoms with Gasteiger partial charge in [-0.15, -0.1) is 0 Å². The summed E-state index contributed by atoms with van der Waals surface area (Å²) in [6.45, 7) is 2.08. The van der Waals surface area contributed by atoms with Crippen LogP contribution in [0.5, 0.6) is 0 Å². The van der Waals surface area contributed by atoms with E-state index in [9.17, 15) is 13.2 Å². The van der Waals surface area contributed by atoms with E-state index in [4.69, 9.17) is 10.8 Å². The second-order valence-corrected chi connectivity index (χ2v) is 2.67. The minimum Gasteiger partial charge on any atom is -0.405 e. The van der Waals surface area contributed by atoms with Crippen molar-refractivity contribution in [2.45, 2.75) is 25.6 Å². The van der Waals surface area contributed by atoms with Crippen molar-refractivity contribution in [3.8, 4) is 0 Å². The number of rotatable bonds is 2. The van der Waals surface area contributed by atoms with E-state index in [2.05, 4.69) is 0 Å². The van der Waals surface area contributed by atoms with Crippen LogP contribution in [0.4, 0.5) is 13.2 Å². The zero-order valence-corrected chi connectivity index (χ0v) is 7.39. The van der Waals surface area contributed by atoms with Crippen LogP contribution in [0.15, 0.2) is 23.9 Å². The summed E-state index contributed by atoms with van der Waals surface area (Å²) in [5.41, 5.74) is 1.82. The van der Waals surface area contributed by atoms with E-state index in [1.807, 2.05) is 0 Å². The van der Waals surface area contributed by atoms with Crippen LogP contribution in [-0.2, 0) is 0 Å². The van der Waals surface area contributed by atoms with Crippen molar-refractivity contribution in [3.63, 3.8) is 0 Å². The number of nitrogens with two attached hydrogens (primary N) is 1. The highest BCUT2D eigenvalue weighted by Gasteiger charge is 2.51. The first-order chi connectivity index (χ1) is 5.77. The van der Waals surface area contributed by atoms with Crippen molar-refractivity contribution in [2.75, 3.05) is 0 Å². The number of halogens is 3. The SMILES string of the molecule is C/C=C(\C=C/N)C(C)(O)C(F)(F)F. The molecule has 0 bridgehead atoms. The highest BCUT2D eigenvalue weighted by atomic mass is 19.4. The molecule has 0 saturated carbocycles. The van der Waals surface area contributed by atoms with Crippen molar-refractivity contribution in [1.29, 1.82) is 0 Å². The standard InChI is InChI=1S/C8H12F3NO/c1-3-6(4-5-12)7(2,13)8(9,10)11/h3-5,13H,12H2,1-2H3/b5-4-,6-3+. The summed E-state index contributed by atoms with van der Waals surface area (Å²) >= 11 is 0. The van der Waals surface area contributed by atoms with E-state index in [1.165, 1.54) is 6.92 Å². The fraction of sp³-hybridized carbons (Fsp3) is 0.500. The molecule has 0 fully saturated rings. The number of hydrogen-bond donors (Lipinski definition) is 2. The lowest BCUT2D eigenvalue weighted by molar-refractivity contribution is -0.235. The fourth-order valence-corrected chi connectivity index (χ4v) is 0.807. The van der Waals surface area contributed by atoms with Crippen LogP contribution < -0.4 is 5.73 Å². The van der Waals surface area contributed by atoms with Crippen LogP contribution in [-0.4, -0.2) is 16.9 Å². The highest BCUT2D eigenvalue weighted by Crippen LogP contribution is 2.36. The molecule has 0 aromatic rings. The van der Waals surface area contributed by atoms with E-state index in [0.717, 1.165) is 18.4 Å². The van der Waals surface area contributed by atoms with Crippen LogP contribution in [0, 0.1) is 0 Å². The molecule has 3 N–H and O–H groups in total. The van der Waals surface area contributed by atoms with E-state index in [0.29, 0.717) is 6.92 Å². The van der Waals surface area contributed by atoms with Crippen molar-refractivity contribution in [3.05, 3.63) is 23.9 Å². The number of allylic oxidation sites excluding steroid dienone is 1. The molecule has 1 unspecified atom stereocenters. The topological polar surface area (TPSA) is 46.2 Å². The molecule has 0 rings (SSSR count). The fourth-order valence-electron chi connectivity index (χ4n) is 0.807. The van der Waals surface area contributed by atoms with Gasteiger partial charge in [0.2, 0.25) is 0 Å². The van der Waals surface area contributed by atoms with Crippen LogP contribution in [0.3, 0.4) is 0 Å². The zero-order chi connectivity index (χ0) is 10.7. The summed E-state index contributed by atoms with van der Waals surface area (Å²) in [4.78, 5) is 0. The highest BCUT2D eigenvalue weighted by molar-refractivity contribution is 5.28. The van der Waals surface area contributed by atoms with Gasteiger partial charge in [-0.2, -0.15) is 13.2 Å². The second-order valence-electron chi connectivity index (χ2n) is 2.67. The van der Waals surface area contributed by atoms with Gasteiger partial charge in [-0.1, -0.05) is 6.08 Å². The zero-order valence-electron chi connectivity index (χ0n) is 7.39. The minimum absolute atomic E-state index is 0.275. The van der Waals surface area contributed by atoms with Crippen LogP contribution in [0.1, 0.15) is 13.8 Å². The van der Waals surface area contributed by atoms with Crippen LogP contribution in [0.2, 0.25) is 0 Å². The maximum absolute atomic E-state index is 12.2. The van der Waals surface area contributed by atoms with E-state index >= 15 is 0 Å². The lowest BCUT2D eigenvalue weighted by Gasteiger charge is -2.27. The Balaban J connectivity index is 5.02. The Labute approximate surface area is 74.5 Å². The Bertz CT molecular complexity index is 228. The van der Waals surface area contributed by atoms with Gasteiger partial charge >= 0.3 is 6.18 Å². The molecule has 0 aliphatic heterocycles. The van der Waals surface area contributed by atoms with Crippen molar-refractivity contribution >= 4 is 0 Å². The summed E-state index contributed by atoms with van der Waals surface area (Å²) in [5, 5.41) is 9.14. The Morgan fingerprint density at radius 3 is 2.08 bits per heavy atom. The molecule has 0 heterocycles. The maximum atomic E-state index is 12.2. The third kappa shape index (κ3) is 2.48. The summed E-state index contributed by atoms with van der Waals surface area (Å²) in [6.07, 6.45) is -1.56. The molecule has 5 heteroatoms. The van der Waals surface area contributed by atoms with Gasteiger partial charge in [0.25, 0.3) is 0 Å². The predicted molar refractivity (Wildman–Crippen MR) is 43.8 cm³/mol. The molecule has 0 saturated heterocycles. The molecular formula is C8H12F3NO. The first-order valence-electron chi connectivity index (χ1n) is 3.61. The summed E-state index contributed by atoms with van der Waals surface area (Å²) in [6, 6.07) is 0. The molecule has 0 spiro atoms. The average molecular weight is 195 g/mol. The molecule has 1 atom stereocenters. The molecule has 0 amide bonds. The van der Waals surface area contributed by atoms with Gasteiger partial charge in [0, 0.05) is 0 Å². The van der Waals surface area contributed by atoms with Gasteiger partial charge in [-0.25, -0.2) is 0 Å². The summed E-state index contributed by atoms with van der Waals surface area (Å²) in [7, 11) is 0. The Morgan fingerprint density at radius 2 is 1.85 bits per heavy atom. The molecule has 0 radical (unpaired) electrons. The Hall–Kier alpha value is -0.970. The molecular weight excluding hydrogens is 183 g/mol. The monoisotopic (exact) mass is 195 g/mol. The third-order valence-electron chi connectivity index (χ3n) is 1.70.